The van der Waals surface area contributed by atoms with E-state index in [0.29, 0.717) is 12.1 Å². The molecule has 1 fully saturated rings. The van der Waals surface area contributed by atoms with E-state index < -0.39 is 0 Å². The molecule has 0 aliphatic carbocycles. The van der Waals surface area contributed by atoms with Gasteiger partial charge in [0.05, 0.1) is 6.04 Å². The lowest BCUT2D eigenvalue weighted by molar-refractivity contribution is 0.251. The van der Waals surface area contributed by atoms with Crippen molar-refractivity contribution in [2.45, 2.75) is 6.04 Å². The van der Waals surface area contributed by atoms with Gasteiger partial charge in [-0.15, -0.1) is 0 Å². The monoisotopic (exact) mass is 256 g/mol. The van der Waals surface area contributed by atoms with Crippen molar-refractivity contribution >= 4 is 11.7 Å². The third kappa shape index (κ3) is 2.05. The summed E-state index contributed by atoms with van der Waals surface area (Å²) in [4.78, 5) is 13.6. The molecule has 0 aromatic heterocycles. The Bertz CT molecular complexity index is 600. The number of rotatable bonds is 2. The maximum absolute atomic E-state index is 13.9. The van der Waals surface area contributed by atoms with Gasteiger partial charge < -0.3 is 5.32 Å². The number of nitrogens with zero attached hydrogens (tertiary/aromatic N) is 1. The van der Waals surface area contributed by atoms with Crippen molar-refractivity contribution in [1.82, 2.24) is 5.32 Å². The molecule has 2 aromatic rings. The fourth-order valence-corrected chi connectivity index (χ4v) is 2.38. The Labute approximate surface area is 110 Å². The van der Waals surface area contributed by atoms with Crippen LogP contribution in [0.1, 0.15) is 11.6 Å². The summed E-state index contributed by atoms with van der Waals surface area (Å²) in [5.74, 6) is -0.287. The molecule has 2 amide bonds. The number of carbonyl (C=O) groups excluding carboxylic acids is 1. The summed E-state index contributed by atoms with van der Waals surface area (Å²) in [6.45, 7) is 0.411. The molecule has 19 heavy (non-hydrogen) atoms. The Morgan fingerprint density at radius 2 is 1.74 bits per heavy atom. The van der Waals surface area contributed by atoms with Crippen LogP contribution in [0.3, 0.4) is 0 Å². The summed E-state index contributed by atoms with van der Waals surface area (Å²) in [5, 5.41) is 2.76. The largest absolute Gasteiger partial charge is 0.335 e. The summed E-state index contributed by atoms with van der Waals surface area (Å²) in [6, 6.07) is 15.4. The average Bonchev–Trinajstić information content (AvgIpc) is 2.82. The maximum atomic E-state index is 13.9. The van der Waals surface area contributed by atoms with Gasteiger partial charge in [-0.2, -0.15) is 0 Å². The minimum Gasteiger partial charge on any atom is -0.335 e. The van der Waals surface area contributed by atoms with Crippen molar-refractivity contribution in [3.63, 3.8) is 0 Å². The second-order valence-electron chi connectivity index (χ2n) is 4.43. The molecule has 1 heterocycles. The molecule has 96 valence electrons. The second kappa shape index (κ2) is 4.72. The lowest BCUT2D eigenvalue weighted by Crippen LogP contribution is -2.29. The number of nitrogens with one attached hydrogen (secondary N) is 1. The standard InChI is InChI=1S/C15H13FN2O/c16-13-9-5-4-8-12(13)14-10-17-15(19)18(14)11-6-2-1-3-7-11/h1-9,14H,10H2,(H,17,19). The van der Waals surface area contributed by atoms with Gasteiger partial charge >= 0.3 is 6.03 Å². The summed E-state index contributed by atoms with van der Waals surface area (Å²) in [6.07, 6.45) is 0. The fourth-order valence-electron chi connectivity index (χ4n) is 2.38. The predicted octanol–water partition coefficient (Wildman–Crippen LogP) is 3.10. The molecule has 0 spiro atoms. The highest BCUT2D eigenvalue weighted by Gasteiger charge is 2.34. The lowest BCUT2D eigenvalue weighted by atomic mass is 10.1. The van der Waals surface area contributed by atoms with E-state index >= 15 is 0 Å². The highest BCUT2D eigenvalue weighted by atomic mass is 19.1. The number of anilines is 1. The van der Waals surface area contributed by atoms with Gasteiger partial charge in [0.25, 0.3) is 0 Å². The van der Waals surface area contributed by atoms with Crippen LogP contribution in [-0.2, 0) is 0 Å². The van der Waals surface area contributed by atoms with E-state index in [1.165, 1.54) is 6.07 Å². The Morgan fingerprint density at radius 1 is 1.05 bits per heavy atom. The number of urea groups is 1. The van der Waals surface area contributed by atoms with Crippen LogP contribution in [0.25, 0.3) is 0 Å². The van der Waals surface area contributed by atoms with E-state index in [1.54, 1.807) is 23.1 Å². The number of hydrogen-bond donors (Lipinski definition) is 1. The highest BCUT2D eigenvalue weighted by Crippen LogP contribution is 2.31. The Morgan fingerprint density at radius 3 is 2.47 bits per heavy atom. The molecule has 3 nitrogen and oxygen atoms in total. The predicted molar refractivity (Wildman–Crippen MR) is 71.5 cm³/mol. The Hall–Kier alpha value is -2.36. The SMILES string of the molecule is O=C1NCC(c2ccccc2F)N1c1ccccc1. The molecular formula is C15H13FN2O. The molecule has 1 aliphatic rings. The highest BCUT2D eigenvalue weighted by molar-refractivity contribution is 5.95. The van der Waals surface area contributed by atoms with E-state index in [1.807, 2.05) is 30.3 Å². The molecule has 0 saturated carbocycles. The van der Waals surface area contributed by atoms with Gasteiger partial charge in [-0.3, -0.25) is 4.90 Å². The first-order valence-electron chi connectivity index (χ1n) is 6.14. The van der Waals surface area contributed by atoms with Crippen LogP contribution in [0.5, 0.6) is 0 Å². The first-order chi connectivity index (χ1) is 9.27. The van der Waals surface area contributed by atoms with Gasteiger partial charge in [0.2, 0.25) is 0 Å². The van der Waals surface area contributed by atoms with Gasteiger partial charge in [-0.05, 0) is 18.2 Å². The van der Waals surface area contributed by atoms with Gasteiger partial charge in [0.15, 0.2) is 0 Å². The van der Waals surface area contributed by atoms with Crippen molar-refractivity contribution in [1.29, 1.82) is 0 Å². The Balaban J connectivity index is 2.02. The van der Waals surface area contributed by atoms with Gasteiger partial charge in [-0.1, -0.05) is 36.4 Å². The number of benzene rings is 2. The number of halogens is 1. The third-order valence-electron chi connectivity index (χ3n) is 3.28. The van der Waals surface area contributed by atoms with Crippen LogP contribution in [0, 0.1) is 5.82 Å². The van der Waals surface area contributed by atoms with Gasteiger partial charge in [0, 0.05) is 17.8 Å². The molecule has 1 saturated heterocycles. The van der Waals surface area contributed by atoms with E-state index in [4.69, 9.17) is 0 Å². The van der Waals surface area contributed by atoms with Crippen LogP contribution >= 0.6 is 0 Å². The molecule has 1 N–H and O–H groups in total. The molecule has 4 heteroatoms. The molecular weight excluding hydrogens is 243 g/mol. The topological polar surface area (TPSA) is 32.3 Å². The molecule has 1 atom stereocenters. The van der Waals surface area contributed by atoms with Crippen molar-refractivity contribution in [3.8, 4) is 0 Å². The average molecular weight is 256 g/mol. The summed E-state index contributed by atoms with van der Waals surface area (Å²) < 4.78 is 13.9. The van der Waals surface area contributed by atoms with E-state index in [-0.39, 0.29) is 17.9 Å². The number of para-hydroxylation sites is 1. The lowest BCUT2D eigenvalue weighted by Gasteiger charge is -2.23. The zero-order valence-electron chi connectivity index (χ0n) is 10.2. The van der Waals surface area contributed by atoms with Crippen molar-refractivity contribution in [2.75, 3.05) is 11.4 Å². The Kier molecular flexibility index (Phi) is 2.91. The first-order valence-corrected chi connectivity index (χ1v) is 6.14. The van der Waals surface area contributed by atoms with E-state index in [9.17, 15) is 9.18 Å². The zero-order valence-corrected chi connectivity index (χ0v) is 10.2. The molecule has 1 aliphatic heterocycles. The number of carbonyl (C=O) groups is 1. The van der Waals surface area contributed by atoms with Crippen LogP contribution in [0.2, 0.25) is 0 Å². The molecule has 2 aromatic carbocycles. The van der Waals surface area contributed by atoms with E-state index in [0.717, 1.165) is 5.69 Å². The normalized spacial score (nSPS) is 18.5. The fraction of sp³-hybridized carbons (Fsp3) is 0.133. The summed E-state index contributed by atoms with van der Waals surface area (Å²) >= 11 is 0. The van der Waals surface area contributed by atoms with Crippen molar-refractivity contribution in [2.24, 2.45) is 0 Å². The number of amides is 2. The van der Waals surface area contributed by atoms with Crippen molar-refractivity contribution < 1.29 is 9.18 Å². The van der Waals surface area contributed by atoms with Crippen LogP contribution < -0.4 is 10.2 Å². The first kappa shape index (κ1) is 11.7. The molecule has 3 rings (SSSR count). The molecule has 0 bridgehead atoms. The third-order valence-corrected chi connectivity index (χ3v) is 3.28. The number of hydrogen-bond acceptors (Lipinski definition) is 1. The minimum absolute atomic E-state index is 0.195. The zero-order chi connectivity index (χ0) is 13.2. The summed E-state index contributed by atoms with van der Waals surface area (Å²) in [5.41, 5.74) is 1.30. The smallest absolute Gasteiger partial charge is 0.322 e. The van der Waals surface area contributed by atoms with Gasteiger partial charge in [-0.25, -0.2) is 9.18 Å². The van der Waals surface area contributed by atoms with E-state index in [2.05, 4.69) is 5.32 Å². The van der Waals surface area contributed by atoms with Crippen LogP contribution in [0.4, 0.5) is 14.9 Å². The molecule has 0 radical (unpaired) electrons. The minimum atomic E-state index is -0.309. The maximum Gasteiger partial charge on any atom is 0.322 e. The van der Waals surface area contributed by atoms with Crippen LogP contribution in [0.15, 0.2) is 54.6 Å². The summed E-state index contributed by atoms with van der Waals surface area (Å²) in [7, 11) is 0. The quantitative estimate of drug-likeness (QED) is 0.879. The van der Waals surface area contributed by atoms with Gasteiger partial charge in [0.1, 0.15) is 5.82 Å². The van der Waals surface area contributed by atoms with Crippen molar-refractivity contribution in [3.05, 3.63) is 66.0 Å². The molecule has 1 unspecified atom stereocenters. The van der Waals surface area contributed by atoms with Crippen LogP contribution in [-0.4, -0.2) is 12.6 Å². The second-order valence-corrected chi connectivity index (χ2v) is 4.43.